The summed E-state index contributed by atoms with van der Waals surface area (Å²) in [5.41, 5.74) is 1.28. The molecule has 0 aliphatic carbocycles. The second-order valence-electron chi connectivity index (χ2n) is 5.21. The number of halogens is 2. The number of hydrogen-bond acceptors (Lipinski definition) is 3. The molecule has 25 heavy (non-hydrogen) atoms. The Morgan fingerprint density at radius 1 is 1.24 bits per heavy atom. The molecule has 0 aliphatic heterocycles. The van der Waals surface area contributed by atoms with E-state index in [1.54, 1.807) is 12.1 Å². The molecule has 1 aromatic heterocycles. The van der Waals surface area contributed by atoms with Gasteiger partial charge in [0, 0.05) is 11.6 Å². The number of benzene rings is 2. The molecule has 4 nitrogen and oxygen atoms in total. The Hall–Kier alpha value is -1.82. The minimum absolute atomic E-state index is 0.292. The van der Waals surface area contributed by atoms with Gasteiger partial charge in [-0.15, -0.1) is 0 Å². The molecule has 3 rings (SSSR count). The van der Waals surface area contributed by atoms with Crippen LogP contribution in [0.25, 0.3) is 10.2 Å². The van der Waals surface area contributed by atoms with Gasteiger partial charge < -0.3 is 9.30 Å². The highest BCUT2D eigenvalue weighted by molar-refractivity contribution is 7.16. The van der Waals surface area contributed by atoms with E-state index >= 15 is 0 Å². The molecule has 0 radical (unpaired) electrons. The molecule has 0 fully saturated rings. The normalized spacial score (nSPS) is 11.9. The summed E-state index contributed by atoms with van der Waals surface area (Å²) in [6.45, 7) is 5.20. The van der Waals surface area contributed by atoms with Crippen molar-refractivity contribution in [2.75, 3.05) is 6.61 Å². The molecule has 130 valence electrons. The smallest absolute Gasteiger partial charge is 0.281 e. The summed E-state index contributed by atoms with van der Waals surface area (Å²) in [4.78, 5) is 17.5. The lowest BCUT2D eigenvalue weighted by Gasteiger charge is -2.07. The molecule has 1 heterocycles. The summed E-state index contributed by atoms with van der Waals surface area (Å²) in [7, 11) is 0. The minimum atomic E-state index is -0.395. The lowest BCUT2D eigenvalue weighted by molar-refractivity contribution is 0.0998. The first kappa shape index (κ1) is 18.0. The summed E-state index contributed by atoms with van der Waals surface area (Å²) in [6.07, 6.45) is 0. The fourth-order valence-corrected chi connectivity index (χ4v) is 4.16. The molecule has 0 bridgehead atoms. The van der Waals surface area contributed by atoms with E-state index < -0.39 is 5.91 Å². The highest BCUT2D eigenvalue weighted by Crippen LogP contribution is 2.28. The number of thiazole rings is 1. The van der Waals surface area contributed by atoms with E-state index in [2.05, 4.69) is 4.99 Å². The van der Waals surface area contributed by atoms with Crippen molar-refractivity contribution in [3.8, 4) is 5.75 Å². The zero-order valence-corrected chi connectivity index (χ0v) is 16.1. The third-order valence-electron chi connectivity index (χ3n) is 3.64. The lowest BCUT2D eigenvalue weighted by Crippen LogP contribution is -2.16. The predicted molar refractivity (Wildman–Crippen MR) is 103 cm³/mol. The Bertz CT molecular complexity index is 1010. The van der Waals surface area contributed by atoms with Gasteiger partial charge in [-0.3, -0.25) is 4.79 Å². The van der Waals surface area contributed by atoms with Crippen molar-refractivity contribution in [2.45, 2.75) is 20.4 Å². The van der Waals surface area contributed by atoms with Gasteiger partial charge in [-0.25, -0.2) is 0 Å². The lowest BCUT2D eigenvalue weighted by atomic mass is 10.2. The van der Waals surface area contributed by atoms with Gasteiger partial charge in [-0.2, -0.15) is 4.99 Å². The molecule has 0 N–H and O–H groups in total. The Morgan fingerprint density at radius 3 is 2.72 bits per heavy atom. The maximum atomic E-state index is 12.6. The van der Waals surface area contributed by atoms with Crippen LogP contribution < -0.4 is 9.54 Å². The molecule has 0 saturated carbocycles. The first-order valence-corrected chi connectivity index (χ1v) is 9.41. The van der Waals surface area contributed by atoms with Crippen LogP contribution in [0.1, 0.15) is 24.2 Å². The molecule has 3 aromatic rings. The standard InChI is InChI=1S/C18H16Cl2N2O2S/c1-3-22-16-14(24-4-2)6-5-7-15(16)25-18(22)21-17(23)12-9-8-11(19)10-13(12)20/h5-10H,3-4H2,1-2H3. The zero-order valence-electron chi connectivity index (χ0n) is 13.8. The average molecular weight is 395 g/mol. The Morgan fingerprint density at radius 2 is 2.04 bits per heavy atom. The number of para-hydroxylation sites is 1. The number of nitrogens with zero attached hydrogens (tertiary/aromatic N) is 2. The number of carbonyl (C=O) groups is 1. The minimum Gasteiger partial charge on any atom is -0.492 e. The summed E-state index contributed by atoms with van der Waals surface area (Å²) in [5, 5.41) is 0.772. The summed E-state index contributed by atoms with van der Waals surface area (Å²) in [6, 6.07) is 10.6. The first-order chi connectivity index (χ1) is 12.0. The van der Waals surface area contributed by atoms with Gasteiger partial charge in [0.1, 0.15) is 11.3 Å². The van der Waals surface area contributed by atoms with Crippen LogP contribution in [0.5, 0.6) is 5.75 Å². The van der Waals surface area contributed by atoms with Gasteiger partial charge in [0.2, 0.25) is 0 Å². The fraction of sp³-hybridized carbons (Fsp3) is 0.222. The van der Waals surface area contributed by atoms with Gasteiger partial charge in [-0.1, -0.05) is 40.6 Å². The van der Waals surface area contributed by atoms with Crippen molar-refractivity contribution in [1.29, 1.82) is 0 Å². The molecular formula is C18H16Cl2N2O2S. The maximum absolute atomic E-state index is 12.6. The molecule has 0 unspecified atom stereocenters. The van der Waals surface area contributed by atoms with Crippen LogP contribution in [0.4, 0.5) is 0 Å². The molecule has 0 spiro atoms. The SMILES string of the molecule is CCOc1cccc2sc(=NC(=O)c3ccc(Cl)cc3Cl)n(CC)c12. The number of rotatable bonds is 4. The monoisotopic (exact) mass is 394 g/mol. The number of fused-ring (bicyclic) bond motifs is 1. The van der Waals surface area contributed by atoms with E-state index in [4.69, 9.17) is 27.9 Å². The third-order valence-corrected chi connectivity index (χ3v) is 5.23. The van der Waals surface area contributed by atoms with Crippen molar-refractivity contribution in [1.82, 2.24) is 4.57 Å². The van der Waals surface area contributed by atoms with E-state index in [-0.39, 0.29) is 0 Å². The summed E-state index contributed by atoms with van der Waals surface area (Å²) < 4.78 is 8.71. The van der Waals surface area contributed by atoms with Crippen LogP contribution >= 0.6 is 34.5 Å². The topological polar surface area (TPSA) is 43.6 Å². The molecule has 0 saturated heterocycles. The third kappa shape index (κ3) is 3.59. The van der Waals surface area contributed by atoms with Crippen LogP contribution in [0.15, 0.2) is 41.4 Å². The molecule has 2 aromatic carbocycles. The Kier molecular flexibility index (Phi) is 5.47. The molecule has 0 atom stereocenters. The second kappa shape index (κ2) is 7.60. The van der Waals surface area contributed by atoms with Crippen LogP contribution in [-0.4, -0.2) is 17.1 Å². The maximum Gasteiger partial charge on any atom is 0.281 e. The van der Waals surface area contributed by atoms with Crippen molar-refractivity contribution >= 4 is 50.7 Å². The van der Waals surface area contributed by atoms with Crippen molar-refractivity contribution in [2.24, 2.45) is 4.99 Å². The highest BCUT2D eigenvalue weighted by atomic mass is 35.5. The van der Waals surface area contributed by atoms with Gasteiger partial charge in [0.05, 0.1) is 21.9 Å². The molecular weight excluding hydrogens is 379 g/mol. The van der Waals surface area contributed by atoms with Crippen molar-refractivity contribution in [3.05, 3.63) is 56.8 Å². The number of aryl methyl sites for hydroxylation is 1. The van der Waals surface area contributed by atoms with Crippen LogP contribution in [0.3, 0.4) is 0 Å². The number of ether oxygens (including phenoxy) is 1. The van der Waals surface area contributed by atoms with Gasteiger partial charge in [-0.05, 0) is 44.2 Å². The fourth-order valence-electron chi connectivity index (χ4n) is 2.56. The summed E-state index contributed by atoms with van der Waals surface area (Å²) in [5.74, 6) is 0.393. The number of aromatic nitrogens is 1. The molecule has 0 aliphatic rings. The highest BCUT2D eigenvalue weighted by Gasteiger charge is 2.14. The van der Waals surface area contributed by atoms with Crippen LogP contribution in [-0.2, 0) is 6.54 Å². The first-order valence-electron chi connectivity index (χ1n) is 7.84. The van der Waals surface area contributed by atoms with E-state index in [0.717, 1.165) is 16.0 Å². The summed E-state index contributed by atoms with van der Waals surface area (Å²) >= 11 is 13.5. The average Bonchev–Trinajstić information content (AvgIpc) is 2.93. The molecule has 1 amide bonds. The predicted octanol–water partition coefficient (Wildman–Crippen LogP) is 5.17. The van der Waals surface area contributed by atoms with Gasteiger partial charge in [0.15, 0.2) is 4.80 Å². The largest absolute Gasteiger partial charge is 0.492 e. The number of hydrogen-bond donors (Lipinski definition) is 0. The van der Waals surface area contributed by atoms with Crippen LogP contribution in [0, 0.1) is 0 Å². The number of carbonyl (C=O) groups excluding carboxylic acids is 1. The van der Waals surface area contributed by atoms with Crippen LogP contribution in [0.2, 0.25) is 10.0 Å². The second-order valence-corrected chi connectivity index (χ2v) is 7.06. The Balaban J connectivity index is 2.16. The quantitative estimate of drug-likeness (QED) is 0.612. The van der Waals surface area contributed by atoms with Gasteiger partial charge >= 0.3 is 0 Å². The number of amides is 1. The zero-order chi connectivity index (χ0) is 18.0. The van der Waals surface area contributed by atoms with Crippen molar-refractivity contribution in [3.63, 3.8) is 0 Å². The van der Waals surface area contributed by atoms with E-state index in [1.807, 2.05) is 36.6 Å². The van der Waals surface area contributed by atoms with E-state index in [9.17, 15) is 4.79 Å². The van der Waals surface area contributed by atoms with E-state index in [0.29, 0.717) is 33.6 Å². The molecule has 7 heteroatoms. The van der Waals surface area contributed by atoms with Gasteiger partial charge in [0.25, 0.3) is 5.91 Å². The Labute approximate surface area is 159 Å². The van der Waals surface area contributed by atoms with E-state index in [1.165, 1.54) is 17.4 Å². The van der Waals surface area contributed by atoms with Crippen molar-refractivity contribution < 1.29 is 9.53 Å².